The molecular weight excluding hydrogens is 683 g/mol. The van der Waals surface area contributed by atoms with E-state index >= 15 is 0 Å². The van der Waals surface area contributed by atoms with Crippen LogP contribution in [0, 0.1) is 29.1 Å². The Morgan fingerprint density at radius 3 is 1.95 bits per heavy atom. The molecule has 2 aromatic heterocycles. The highest BCUT2D eigenvalue weighted by Crippen LogP contribution is 2.54. The van der Waals surface area contributed by atoms with Crippen molar-refractivity contribution in [2.24, 2.45) is 17.8 Å². The van der Waals surface area contributed by atoms with Crippen molar-refractivity contribution in [3.8, 4) is 57.0 Å². The molecular formula is C51H43N5. The van der Waals surface area contributed by atoms with Crippen LogP contribution in [0.1, 0.15) is 57.1 Å². The van der Waals surface area contributed by atoms with E-state index in [4.69, 9.17) is 15.0 Å². The van der Waals surface area contributed by atoms with Crippen molar-refractivity contribution >= 4 is 21.8 Å². The van der Waals surface area contributed by atoms with Crippen molar-refractivity contribution in [3.63, 3.8) is 0 Å². The van der Waals surface area contributed by atoms with Gasteiger partial charge >= 0.3 is 0 Å². The summed E-state index contributed by atoms with van der Waals surface area (Å²) in [5.41, 5.74) is 10.4. The Morgan fingerprint density at radius 1 is 0.571 bits per heavy atom. The maximum absolute atomic E-state index is 9.87. The molecule has 2 fully saturated rings. The minimum Gasteiger partial charge on any atom is -0.308 e. The molecule has 2 heterocycles. The zero-order valence-corrected chi connectivity index (χ0v) is 31.9. The Bertz CT molecular complexity index is 2760. The Kier molecular flexibility index (Phi) is 8.37. The quantitative estimate of drug-likeness (QED) is 0.171. The van der Waals surface area contributed by atoms with Crippen molar-refractivity contribution < 1.29 is 0 Å². The number of nitriles is 1. The van der Waals surface area contributed by atoms with E-state index in [1.807, 2.05) is 30.3 Å². The maximum Gasteiger partial charge on any atom is 0.166 e. The van der Waals surface area contributed by atoms with Gasteiger partial charge in [0.1, 0.15) is 0 Å². The molecule has 2 unspecified atom stereocenters. The third-order valence-corrected chi connectivity index (χ3v) is 12.4. The molecule has 5 nitrogen and oxygen atoms in total. The van der Waals surface area contributed by atoms with Crippen LogP contribution < -0.4 is 0 Å². The summed E-state index contributed by atoms with van der Waals surface area (Å²) in [6.07, 6.45) is 6.55. The second-order valence-corrected chi connectivity index (χ2v) is 16.5. The summed E-state index contributed by atoms with van der Waals surface area (Å²) in [4.78, 5) is 15.8. The minimum atomic E-state index is 0.248. The minimum absolute atomic E-state index is 0.248. The molecule has 6 aromatic carbocycles. The van der Waals surface area contributed by atoms with Crippen molar-refractivity contribution in [1.82, 2.24) is 19.5 Å². The first kappa shape index (κ1) is 34.1. The van der Waals surface area contributed by atoms with Gasteiger partial charge in [0.05, 0.1) is 22.7 Å². The van der Waals surface area contributed by atoms with Crippen molar-refractivity contribution in [3.05, 3.63) is 157 Å². The van der Waals surface area contributed by atoms with Crippen LogP contribution >= 0.6 is 0 Å². The molecule has 0 saturated heterocycles. The fourth-order valence-corrected chi connectivity index (χ4v) is 10.4. The smallest absolute Gasteiger partial charge is 0.166 e. The van der Waals surface area contributed by atoms with Gasteiger partial charge in [-0.3, -0.25) is 0 Å². The lowest BCUT2D eigenvalue weighted by Crippen LogP contribution is -2.42. The number of hydrogen-bond acceptors (Lipinski definition) is 4. The normalized spacial score (nSPS) is 20.6. The molecule has 5 heteroatoms. The van der Waals surface area contributed by atoms with Gasteiger partial charge in [-0.25, -0.2) is 15.0 Å². The standard InChI is InChI=1S/C51H43N5/c1-33-25-36-26-34(2)30-51(29-33,31-36)41-22-20-38(21-23-41)48-53-49(40-14-9-13-39(28-40)37-11-5-3-6-12-37)55-50(54-48)44-18-10-17-43-45-27-35(32-52)19-24-46(45)56(47(43)44)42-15-7-4-8-16-42/h3-24,27-28,33-34,36H,25-26,29-31H2,1-2H3/t33-,34+,36?,51?. The summed E-state index contributed by atoms with van der Waals surface area (Å²) < 4.78 is 2.28. The van der Waals surface area contributed by atoms with Gasteiger partial charge in [-0.05, 0) is 114 Å². The van der Waals surface area contributed by atoms with Gasteiger partial charge in [0.15, 0.2) is 17.5 Å². The summed E-state index contributed by atoms with van der Waals surface area (Å²) in [5.74, 6) is 4.21. The first-order valence-electron chi connectivity index (χ1n) is 20.0. The summed E-state index contributed by atoms with van der Waals surface area (Å²) in [6.45, 7) is 4.90. The highest BCUT2D eigenvalue weighted by atomic mass is 15.0. The molecule has 10 rings (SSSR count). The molecule has 2 bridgehead atoms. The van der Waals surface area contributed by atoms with Gasteiger partial charge in [0.25, 0.3) is 0 Å². The second-order valence-electron chi connectivity index (χ2n) is 16.5. The SMILES string of the molecule is C[C@@H]1CC2C[C@H](C)CC(c3ccc(-c4nc(-c5cccc(-c6ccccc6)c5)nc(-c5cccc6c7cc(C#N)ccc7n(-c7ccccc7)c56)n4)cc3)(C2)C1. The molecule has 0 aliphatic heterocycles. The second kappa shape index (κ2) is 13.7. The highest BCUT2D eigenvalue weighted by molar-refractivity contribution is 6.13. The van der Waals surface area contributed by atoms with Crippen LogP contribution in [0.2, 0.25) is 0 Å². The van der Waals surface area contributed by atoms with Crippen LogP contribution in [0.3, 0.4) is 0 Å². The van der Waals surface area contributed by atoms with E-state index in [9.17, 15) is 5.26 Å². The van der Waals surface area contributed by atoms with Gasteiger partial charge in [0, 0.05) is 33.2 Å². The van der Waals surface area contributed by atoms with E-state index in [1.54, 1.807) is 0 Å². The number of hydrogen-bond donors (Lipinski definition) is 0. The molecule has 2 aliphatic carbocycles. The zero-order valence-electron chi connectivity index (χ0n) is 31.9. The van der Waals surface area contributed by atoms with Crippen LogP contribution in [0.25, 0.3) is 72.8 Å². The summed E-state index contributed by atoms with van der Waals surface area (Å²) in [5, 5.41) is 11.9. The number of benzene rings is 6. The van der Waals surface area contributed by atoms with Gasteiger partial charge in [-0.2, -0.15) is 5.26 Å². The number of rotatable bonds is 6. The summed E-state index contributed by atoms with van der Waals surface area (Å²) >= 11 is 0. The molecule has 0 spiro atoms. The molecule has 4 atom stereocenters. The predicted octanol–water partition coefficient (Wildman–Crippen LogP) is 12.6. The van der Waals surface area contributed by atoms with E-state index in [-0.39, 0.29) is 5.41 Å². The summed E-state index contributed by atoms with van der Waals surface area (Å²) in [6, 6.07) is 53.1. The van der Waals surface area contributed by atoms with Crippen LogP contribution in [0.15, 0.2) is 146 Å². The fraction of sp³-hybridized carbons (Fsp3) is 0.216. The Morgan fingerprint density at radius 2 is 1.21 bits per heavy atom. The Hall–Kier alpha value is -6.38. The summed E-state index contributed by atoms with van der Waals surface area (Å²) in [7, 11) is 0. The molecule has 56 heavy (non-hydrogen) atoms. The van der Waals surface area contributed by atoms with E-state index < -0.39 is 0 Å². The van der Waals surface area contributed by atoms with E-state index in [1.165, 1.54) is 37.7 Å². The average Bonchev–Trinajstić information content (AvgIpc) is 3.57. The largest absolute Gasteiger partial charge is 0.308 e. The lowest BCUT2D eigenvalue weighted by Gasteiger charge is -2.50. The van der Waals surface area contributed by atoms with Crippen LogP contribution in [-0.2, 0) is 5.41 Å². The van der Waals surface area contributed by atoms with Crippen molar-refractivity contribution in [2.75, 3.05) is 0 Å². The van der Waals surface area contributed by atoms with E-state index in [2.05, 4.69) is 140 Å². The van der Waals surface area contributed by atoms with E-state index in [0.717, 1.165) is 73.1 Å². The van der Waals surface area contributed by atoms with Gasteiger partial charge in [-0.1, -0.05) is 117 Å². The van der Waals surface area contributed by atoms with E-state index in [0.29, 0.717) is 23.0 Å². The Balaban J connectivity index is 1.17. The molecule has 0 N–H and O–H groups in total. The maximum atomic E-state index is 9.87. The average molecular weight is 726 g/mol. The van der Waals surface area contributed by atoms with Gasteiger partial charge < -0.3 is 4.57 Å². The fourth-order valence-electron chi connectivity index (χ4n) is 10.4. The van der Waals surface area contributed by atoms with Crippen LogP contribution in [0.4, 0.5) is 0 Å². The first-order valence-corrected chi connectivity index (χ1v) is 20.0. The lowest BCUT2D eigenvalue weighted by molar-refractivity contribution is 0.0780. The number of para-hydroxylation sites is 2. The number of aromatic nitrogens is 4. The monoisotopic (exact) mass is 725 g/mol. The van der Waals surface area contributed by atoms with Crippen molar-refractivity contribution in [1.29, 1.82) is 5.26 Å². The molecule has 8 aromatic rings. The zero-order chi connectivity index (χ0) is 37.8. The lowest BCUT2D eigenvalue weighted by atomic mass is 9.54. The predicted molar refractivity (Wildman–Crippen MR) is 227 cm³/mol. The Labute approximate surface area is 328 Å². The third-order valence-electron chi connectivity index (χ3n) is 12.4. The van der Waals surface area contributed by atoms with Gasteiger partial charge in [-0.15, -0.1) is 0 Å². The number of nitrogens with zero attached hydrogens (tertiary/aromatic N) is 5. The van der Waals surface area contributed by atoms with Gasteiger partial charge in [0.2, 0.25) is 0 Å². The molecule has 0 amide bonds. The topological polar surface area (TPSA) is 67.4 Å². The van der Waals surface area contributed by atoms with Crippen LogP contribution in [-0.4, -0.2) is 19.5 Å². The highest BCUT2D eigenvalue weighted by Gasteiger charge is 2.45. The molecule has 2 aliphatic rings. The first-order chi connectivity index (χ1) is 27.4. The number of fused-ring (bicyclic) bond motifs is 5. The third kappa shape index (κ3) is 5.97. The van der Waals surface area contributed by atoms with Crippen LogP contribution in [0.5, 0.6) is 0 Å². The molecule has 272 valence electrons. The molecule has 2 saturated carbocycles. The molecule has 0 radical (unpaired) electrons. The van der Waals surface area contributed by atoms with Crippen molar-refractivity contribution in [2.45, 2.75) is 51.4 Å².